The summed E-state index contributed by atoms with van der Waals surface area (Å²) in [5.74, 6) is 0. The number of aryl methyl sites for hydroxylation is 1. The van der Waals surface area contributed by atoms with Gasteiger partial charge in [0.15, 0.2) is 0 Å². The molecular weight excluding hydrogens is 214 g/mol. The van der Waals surface area contributed by atoms with Gasteiger partial charge in [0.2, 0.25) is 0 Å². The van der Waals surface area contributed by atoms with Gasteiger partial charge in [0.1, 0.15) is 0 Å². The Hall–Kier alpha value is -0.630. The van der Waals surface area contributed by atoms with Crippen LogP contribution in [0.25, 0.3) is 5.57 Å². The number of alkyl halides is 1. The molecule has 0 spiro atoms. The minimum Gasteiger partial charge on any atom is -0.256 e. The van der Waals surface area contributed by atoms with Gasteiger partial charge in [-0.3, -0.25) is 4.98 Å². The normalized spacial score (nSPS) is 15.2. The Kier molecular flexibility index (Phi) is 2.26. The molecule has 0 bridgehead atoms. The fraction of sp³-hybridized carbons (Fsp3) is 0.300. The summed E-state index contributed by atoms with van der Waals surface area (Å²) in [5, 5.41) is 0.914. The highest BCUT2D eigenvalue weighted by atomic mass is 79.9. The summed E-state index contributed by atoms with van der Waals surface area (Å²) in [7, 11) is 0. The molecule has 0 amide bonds. The minimum atomic E-state index is 0.914. The lowest BCUT2D eigenvalue weighted by atomic mass is 9.97. The molecule has 1 nitrogen and oxygen atoms in total. The Balaban J connectivity index is 2.48. The largest absolute Gasteiger partial charge is 0.256 e. The molecule has 0 saturated heterocycles. The Morgan fingerprint density at radius 3 is 3.25 bits per heavy atom. The lowest BCUT2D eigenvalue weighted by molar-refractivity contribution is 0.953. The molecule has 0 radical (unpaired) electrons. The third-order valence-electron chi connectivity index (χ3n) is 2.14. The van der Waals surface area contributed by atoms with Crippen molar-refractivity contribution in [3.8, 4) is 0 Å². The van der Waals surface area contributed by atoms with Gasteiger partial charge in [-0.1, -0.05) is 28.1 Å². The molecular formula is C10H10BrN. The van der Waals surface area contributed by atoms with Crippen molar-refractivity contribution in [2.75, 3.05) is 5.33 Å². The van der Waals surface area contributed by atoms with Gasteiger partial charge in [-0.2, -0.15) is 0 Å². The van der Waals surface area contributed by atoms with Crippen LogP contribution in [-0.4, -0.2) is 10.3 Å². The molecule has 0 saturated carbocycles. The van der Waals surface area contributed by atoms with Gasteiger partial charge < -0.3 is 0 Å². The van der Waals surface area contributed by atoms with Crippen LogP contribution in [0.3, 0.4) is 0 Å². The van der Waals surface area contributed by atoms with Gasteiger partial charge in [0, 0.05) is 11.5 Å². The Morgan fingerprint density at radius 1 is 1.50 bits per heavy atom. The maximum absolute atomic E-state index is 4.37. The summed E-state index contributed by atoms with van der Waals surface area (Å²) < 4.78 is 0. The highest BCUT2D eigenvalue weighted by Gasteiger charge is 2.11. The second-order valence-electron chi connectivity index (χ2n) is 2.91. The van der Waals surface area contributed by atoms with E-state index >= 15 is 0 Å². The van der Waals surface area contributed by atoms with E-state index in [1.165, 1.54) is 16.8 Å². The summed E-state index contributed by atoms with van der Waals surface area (Å²) in [4.78, 5) is 4.37. The number of halogens is 1. The van der Waals surface area contributed by atoms with Crippen molar-refractivity contribution < 1.29 is 0 Å². The van der Waals surface area contributed by atoms with Crippen LogP contribution in [0.1, 0.15) is 17.7 Å². The molecule has 1 aromatic heterocycles. The average Bonchev–Trinajstić information content (AvgIpc) is 2.17. The number of allylic oxidation sites excluding steroid dienone is 2. The maximum atomic E-state index is 4.37. The lowest BCUT2D eigenvalue weighted by Crippen LogP contribution is -2.02. The Labute approximate surface area is 80.6 Å². The van der Waals surface area contributed by atoms with Gasteiger partial charge in [0.05, 0.1) is 5.69 Å². The number of aromatic nitrogens is 1. The van der Waals surface area contributed by atoms with Crippen LogP contribution < -0.4 is 0 Å². The minimum absolute atomic E-state index is 0.914. The van der Waals surface area contributed by atoms with Crippen LogP contribution in [0, 0.1) is 0 Å². The van der Waals surface area contributed by atoms with Crippen LogP contribution in [0.2, 0.25) is 0 Å². The molecule has 12 heavy (non-hydrogen) atoms. The van der Waals surface area contributed by atoms with Crippen LogP contribution in [-0.2, 0) is 6.42 Å². The second kappa shape index (κ2) is 3.40. The topological polar surface area (TPSA) is 12.9 Å². The van der Waals surface area contributed by atoms with Crippen LogP contribution in [0.15, 0.2) is 24.4 Å². The molecule has 2 rings (SSSR count). The van der Waals surface area contributed by atoms with E-state index in [-0.39, 0.29) is 0 Å². The van der Waals surface area contributed by atoms with E-state index in [9.17, 15) is 0 Å². The molecule has 62 valence electrons. The summed E-state index contributed by atoms with van der Waals surface area (Å²) in [6, 6.07) is 4.17. The molecule has 0 aromatic carbocycles. The third-order valence-corrected chi connectivity index (χ3v) is 2.75. The third kappa shape index (κ3) is 1.31. The number of nitrogens with zero attached hydrogens (tertiary/aromatic N) is 1. The van der Waals surface area contributed by atoms with Crippen LogP contribution in [0.4, 0.5) is 0 Å². The van der Waals surface area contributed by atoms with Gasteiger partial charge in [0.25, 0.3) is 0 Å². The zero-order valence-corrected chi connectivity index (χ0v) is 8.34. The first-order chi connectivity index (χ1) is 5.92. The van der Waals surface area contributed by atoms with E-state index < -0.39 is 0 Å². The van der Waals surface area contributed by atoms with Crippen LogP contribution >= 0.6 is 15.9 Å². The second-order valence-corrected chi connectivity index (χ2v) is 3.47. The first kappa shape index (κ1) is 7.99. The highest BCUT2D eigenvalue weighted by molar-refractivity contribution is 9.09. The Bertz CT molecular complexity index is 317. The smallest absolute Gasteiger partial charge is 0.0698 e. The predicted octanol–water partition coefficient (Wildman–Crippen LogP) is 2.81. The lowest BCUT2D eigenvalue weighted by Gasteiger charge is -2.13. The number of pyridine rings is 1. The molecule has 1 heterocycles. The van der Waals surface area contributed by atoms with Crippen molar-refractivity contribution in [3.05, 3.63) is 35.7 Å². The van der Waals surface area contributed by atoms with E-state index in [0.29, 0.717) is 0 Å². The maximum Gasteiger partial charge on any atom is 0.0698 e. The van der Waals surface area contributed by atoms with E-state index in [4.69, 9.17) is 0 Å². The van der Waals surface area contributed by atoms with Gasteiger partial charge in [-0.25, -0.2) is 0 Å². The summed E-state index contributed by atoms with van der Waals surface area (Å²) in [5.41, 5.74) is 3.90. The average molecular weight is 224 g/mol. The SMILES string of the molecule is BrCC1=CCCc2cccnc21. The molecule has 2 heteroatoms. The molecule has 0 aliphatic heterocycles. The highest BCUT2D eigenvalue weighted by Crippen LogP contribution is 2.24. The van der Waals surface area contributed by atoms with Gasteiger partial charge in [-0.15, -0.1) is 0 Å². The fourth-order valence-corrected chi connectivity index (χ4v) is 2.04. The van der Waals surface area contributed by atoms with E-state index in [1.54, 1.807) is 0 Å². The van der Waals surface area contributed by atoms with E-state index in [0.717, 1.165) is 18.2 Å². The monoisotopic (exact) mass is 223 g/mol. The standard InChI is InChI=1S/C10H10BrN/c11-7-9-4-1-3-8-5-2-6-12-10(8)9/h2,4-6H,1,3,7H2. The molecule has 0 N–H and O–H groups in total. The summed E-state index contributed by atoms with van der Waals surface area (Å²) in [6.45, 7) is 0. The van der Waals surface area contributed by atoms with Crippen molar-refractivity contribution >= 4 is 21.5 Å². The van der Waals surface area contributed by atoms with Crippen LogP contribution in [0.5, 0.6) is 0 Å². The molecule has 1 aliphatic carbocycles. The Morgan fingerprint density at radius 2 is 2.42 bits per heavy atom. The summed E-state index contributed by atoms with van der Waals surface area (Å²) in [6.07, 6.45) is 6.42. The number of hydrogen-bond donors (Lipinski definition) is 0. The van der Waals surface area contributed by atoms with Crippen molar-refractivity contribution in [3.63, 3.8) is 0 Å². The first-order valence-corrected chi connectivity index (χ1v) is 5.23. The first-order valence-electron chi connectivity index (χ1n) is 4.11. The van der Waals surface area contributed by atoms with Crippen molar-refractivity contribution in [2.24, 2.45) is 0 Å². The number of fused-ring (bicyclic) bond motifs is 1. The number of hydrogen-bond acceptors (Lipinski definition) is 1. The van der Waals surface area contributed by atoms with E-state index in [1.807, 2.05) is 12.3 Å². The predicted molar refractivity (Wildman–Crippen MR) is 54.3 cm³/mol. The van der Waals surface area contributed by atoms with Crippen molar-refractivity contribution in [1.29, 1.82) is 0 Å². The zero-order valence-electron chi connectivity index (χ0n) is 6.76. The fourth-order valence-electron chi connectivity index (χ4n) is 1.55. The molecule has 0 fully saturated rings. The molecule has 0 unspecified atom stereocenters. The van der Waals surface area contributed by atoms with Gasteiger partial charge >= 0.3 is 0 Å². The number of rotatable bonds is 1. The zero-order chi connectivity index (χ0) is 8.39. The molecule has 0 atom stereocenters. The quantitative estimate of drug-likeness (QED) is 0.668. The summed E-state index contributed by atoms with van der Waals surface area (Å²) >= 11 is 3.47. The van der Waals surface area contributed by atoms with Crippen molar-refractivity contribution in [1.82, 2.24) is 4.98 Å². The van der Waals surface area contributed by atoms with Crippen molar-refractivity contribution in [2.45, 2.75) is 12.8 Å². The molecule has 1 aromatic rings. The van der Waals surface area contributed by atoms with E-state index in [2.05, 4.69) is 33.1 Å². The molecule has 1 aliphatic rings. The van der Waals surface area contributed by atoms with Gasteiger partial charge in [-0.05, 0) is 30.0 Å².